The van der Waals surface area contributed by atoms with Crippen LogP contribution in [0, 0.1) is 6.92 Å². The fraction of sp³-hybridized carbons (Fsp3) is 0.333. The van der Waals surface area contributed by atoms with E-state index in [1.165, 1.54) is 0 Å². The van der Waals surface area contributed by atoms with Gasteiger partial charge in [0.2, 0.25) is 0 Å². The summed E-state index contributed by atoms with van der Waals surface area (Å²) in [5, 5.41) is 8.96. The summed E-state index contributed by atoms with van der Waals surface area (Å²) in [6, 6.07) is 2.71. The Hall–Kier alpha value is -1.88. The molecule has 0 aliphatic carbocycles. The average molecular weight is 233 g/mol. The monoisotopic (exact) mass is 233 g/mol. The standard InChI is InChI=1S/C12H15N3O2/c1-3-9-14-11(10(13)12(16)17)8-5-4-7(2)6-15(8)9/h4-6,10H,3,13H2,1-2H3,(H,16,17). The molecule has 2 aromatic heterocycles. The maximum Gasteiger partial charge on any atom is 0.326 e. The van der Waals surface area contributed by atoms with Crippen LogP contribution >= 0.6 is 0 Å². The fourth-order valence-corrected chi connectivity index (χ4v) is 1.87. The fourth-order valence-electron chi connectivity index (χ4n) is 1.87. The molecule has 0 fully saturated rings. The lowest BCUT2D eigenvalue weighted by molar-refractivity contribution is -0.138. The van der Waals surface area contributed by atoms with E-state index in [0.29, 0.717) is 5.69 Å². The van der Waals surface area contributed by atoms with Crippen molar-refractivity contribution in [2.45, 2.75) is 26.3 Å². The molecule has 3 N–H and O–H groups in total. The van der Waals surface area contributed by atoms with Gasteiger partial charge in [-0.25, -0.2) is 4.98 Å². The number of carboxylic acids is 1. The second kappa shape index (κ2) is 4.18. The van der Waals surface area contributed by atoms with Gasteiger partial charge < -0.3 is 15.2 Å². The third kappa shape index (κ3) is 1.89. The van der Waals surface area contributed by atoms with Crippen LogP contribution < -0.4 is 5.73 Å². The quantitative estimate of drug-likeness (QED) is 0.837. The van der Waals surface area contributed by atoms with E-state index in [0.717, 1.165) is 23.3 Å². The molecule has 2 rings (SSSR count). The van der Waals surface area contributed by atoms with Crippen molar-refractivity contribution in [3.05, 3.63) is 35.4 Å². The van der Waals surface area contributed by atoms with Gasteiger partial charge >= 0.3 is 5.97 Å². The Kier molecular flexibility index (Phi) is 2.85. The molecule has 90 valence electrons. The minimum Gasteiger partial charge on any atom is -0.480 e. The van der Waals surface area contributed by atoms with Crippen molar-refractivity contribution in [3.8, 4) is 0 Å². The Bertz CT molecular complexity index is 574. The third-order valence-corrected chi connectivity index (χ3v) is 2.76. The van der Waals surface area contributed by atoms with Crippen molar-refractivity contribution in [2.24, 2.45) is 5.73 Å². The minimum atomic E-state index is -1.08. The van der Waals surface area contributed by atoms with Crippen molar-refractivity contribution in [1.82, 2.24) is 9.38 Å². The molecule has 0 saturated carbocycles. The summed E-state index contributed by atoms with van der Waals surface area (Å²) in [5.41, 5.74) is 7.92. The molecule has 0 aromatic carbocycles. The van der Waals surface area contributed by atoms with Crippen molar-refractivity contribution in [3.63, 3.8) is 0 Å². The molecule has 0 aliphatic heterocycles. The smallest absolute Gasteiger partial charge is 0.326 e. The number of carbonyl (C=O) groups is 1. The Balaban J connectivity index is 2.69. The van der Waals surface area contributed by atoms with Crippen molar-refractivity contribution >= 4 is 11.5 Å². The topological polar surface area (TPSA) is 80.6 Å². The van der Waals surface area contributed by atoms with E-state index in [-0.39, 0.29) is 0 Å². The number of carboxylic acid groups (broad SMARTS) is 1. The van der Waals surface area contributed by atoms with Gasteiger partial charge in [0, 0.05) is 12.6 Å². The predicted octanol–water partition coefficient (Wildman–Crippen LogP) is 1.29. The molecule has 5 heteroatoms. The first-order chi connectivity index (χ1) is 8.04. The molecule has 5 nitrogen and oxygen atoms in total. The summed E-state index contributed by atoms with van der Waals surface area (Å²) in [5.74, 6) is -0.233. The summed E-state index contributed by atoms with van der Waals surface area (Å²) in [6.45, 7) is 3.96. The van der Waals surface area contributed by atoms with Gasteiger partial charge in [-0.05, 0) is 18.6 Å². The molecule has 1 unspecified atom stereocenters. The zero-order valence-electron chi connectivity index (χ0n) is 9.84. The Labute approximate surface area is 98.9 Å². The summed E-state index contributed by atoms with van der Waals surface area (Å²) >= 11 is 0. The van der Waals surface area contributed by atoms with Crippen molar-refractivity contribution in [1.29, 1.82) is 0 Å². The van der Waals surface area contributed by atoms with Crippen LogP contribution in [0.4, 0.5) is 0 Å². The first kappa shape index (κ1) is 11.6. The summed E-state index contributed by atoms with van der Waals surface area (Å²) < 4.78 is 1.91. The van der Waals surface area contributed by atoms with E-state index in [1.807, 2.05) is 36.6 Å². The number of hydrogen-bond donors (Lipinski definition) is 2. The highest BCUT2D eigenvalue weighted by atomic mass is 16.4. The molecule has 2 heterocycles. The van der Waals surface area contributed by atoms with E-state index in [1.54, 1.807) is 0 Å². The third-order valence-electron chi connectivity index (χ3n) is 2.76. The van der Waals surface area contributed by atoms with Crippen LogP contribution in [0.1, 0.15) is 30.0 Å². The second-order valence-electron chi connectivity index (χ2n) is 4.04. The lowest BCUT2D eigenvalue weighted by Crippen LogP contribution is -2.21. The first-order valence-corrected chi connectivity index (χ1v) is 5.50. The maximum atomic E-state index is 10.9. The highest BCUT2D eigenvalue weighted by Gasteiger charge is 2.21. The number of nitrogens with two attached hydrogens (primary N) is 1. The molecule has 17 heavy (non-hydrogen) atoms. The largest absolute Gasteiger partial charge is 0.480 e. The second-order valence-corrected chi connectivity index (χ2v) is 4.04. The molecule has 2 aromatic rings. The van der Waals surface area contributed by atoms with Gasteiger partial charge in [0.1, 0.15) is 11.9 Å². The Morgan fingerprint density at radius 1 is 1.59 bits per heavy atom. The number of fused-ring (bicyclic) bond motifs is 1. The van der Waals surface area contributed by atoms with Crippen molar-refractivity contribution in [2.75, 3.05) is 0 Å². The van der Waals surface area contributed by atoms with Crippen LogP contribution in [0.3, 0.4) is 0 Å². The number of nitrogens with zero attached hydrogens (tertiary/aromatic N) is 2. The number of rotatable bonds is 3. The van der Waals surface area contributed by atoms with Crippen LogP contribution in [-0.4, -0.2) is 20.5 Å². The summed E-state index contributed by atoms with van der Waals surface area (Å²) in [7, 11) is 0. The molecule has 0 saturated heterocycles. The average Bonchev–Trinajstić information content (AvgIpc) is 2.65. The molecule has 0 bridgehead atoms. The number of imidazole rings is 1. The number of aryl methyl sites for hydroxylation is 2. The first-order valence-electron chi connectivity index (χ1n) is 5.50. The summed E-state index contributed by atoms with van der Waals surface area (Å²) in [4.78, 5) is 15.3. The molecule has 0 aliphatic rings. The Morgan fingerprint density at radius 2 is 2.29 bits per heavy atom. The number of aliphatic carboxylic acids is 1. The molecule has 0 spiro atoms. The Morgan fingerprint density at radius 3 is 2.88 bits per heavy atom. The van der Waals surface area contributed by atoms with Gasteiger partial charge in [-0.3, -0.25) is 4.79 Å². The molecule has 0 radical (unpaired) electrons. The zero-order valence-corrected chi connectivity index (χ0v) is 9.84. The van der Waals surface area contributed by atoms with Crippen LogP contribution in [0.25, 0.3) is 5.52 Å². The van der Waals surface area contributed by atoms with Gasteiger partial charge in [0.05, 0.1) is 11.2 Å². The predicted molar refractivity (Wildman–Crippen MR) is 63.9 cm³/mol. The molecular weight excluding hydrogens is 218 g/mol. The van der Waals surface area contributed by atoms with Crippen LogP contribution in [0.5, 0.6) is 0 Å². The SMILES string of the molecule is CCc1nc(C(N)C(=O)O)c2ccc(C)cn12. The van der Waals surface area contributed by atoms with E-state index in [4.69, 9.17) is 10.8 Å². The lowest BCUT2D eigenvalue weighted by atomic mass is 10.2. The number of pyridine rings is 1. The van der Waals surface area contributed by atoms with Crippen molar-refractivity contribution < 1.29 is 9.90 Å². The molecular formula is C12H15N3O2. The zero-order chi connectivity index (χ0) is 12.6. The maximum absolute atomic E-state index is 10.9. The summed E-state index contributed by atoms with van der Waals surface area (Å²) in [6.07, 6.45) is 2.68. The van der Waals surface area contributed by atoms with Crippen LogP contribution in [-0.2, 0) is 11.2 Å². The minimum absolute atomic E-state index is 0.425. The van der Waals surface area contributed by atoms with Gasteiger partial charge in [-0.1, -0.05) is 13.0 Å². The molecule has 1 atom stereocenters. The highest BCUT2D eigenvalue weighted by Crippen LogP contribution is 2.20. The van der Waals surface area contributed by atoms with Gasteiger partial charge in [0.15, 0.2) is 0 Å². The van der Waals surface area contributed by atoms with Crippen LogP contribution in [0.15, 0.2) is 18.3 Å². The van der Waals surface area contributed by atoms with E-state index in [9.17, 15) is 4.79 Å². The van der Waals surface area contributed by atoms with E-state index < -0.39 is 12.0 Å². The highest BCUT2D eigenvalue weighted by molar-refractivity contribution is 5.78. The van der Waals surface area contributed by atoms with E-state index in [2.05, 4.69) is 4.98 Å². The number of hydrogen-bond acceptors (Lipinski definition) is 3. The lowest BCUT2D eigenvalue weighted by Gasteiger charge is -2.03. The van der Waals surface area contributed by atoms with Gasteiger partial charge in [-0.15, -0.1) is 0 Å². The molecule has 0 amide bonds. The van der Waals surface area contributed by atoms with Crippen LogP contribution in [0.2, 0.25) is 0 Å². The van der Waals surface area contributed by atoms with E-state index >= 15 is 0 Å². The van der Waals surface area contributed by atoms with Gasteiger partial charge in [0.25, 0.3) is 0 Å². The van der Waals surface area contributed by atoms with Gasteiger partial charge in [-0.2, -0.15) is 0 Å². The number of aromatic nitrogens is 2. The normalized spacial score (nSPS) is 12.9.